The van der Waals surface area contributed by atoms with Gasteiger partial charge in [-0.2, -0.15) is 0 Å². The number of para-hydroxylation sites is 1. The van der Waals surface area contributed by atoms with Crippen molar-refractivity contribution in [2.75, 3.05) is 6.61 Å². The fourth-order valence-electron chi connectivity index (χ4n) is 5.20. The Balaban J connectivity index is 1.59. The highest BCUT2D eigenvalue weighted by Crippen LogP contribution is 2.42. The minimum Gasteiger partial charge on any atom is -0.490 e. The third-order valence-electron chi connectivity index (χ3n) is 7.31. The van der Waals surface area contributed by atoms with Crippen LogP contribution in [0.3, 0.4) is 0 Å². The van der Waals surface area contributed by atoms with Crippen molar-refractivity contribution < 1.29 is 23.5 Å². The number of unbranched alkanes of at least 4 members (excludes halogenated alkanes) is 1. The first-order valence-corrected chi connectivity index (χ1v) is 14.4. The zero-order valence-electron chi connectivity index (χ0n) is 23.8. The Morgan fingerprint density at radius 1 is 0.786 bits per heavy atom. The van der Waals surface area contributed by atoms with Gasteiger partial charge in [0.05, 0.1) is 6.61 Å². The van der Waals surface area contributed by atoms with E-state index in [1.54, 1.807) is 6.07 Å². The van der Waals surface area contributed by atoms with Crippen molar-refractivity contribution in [1.29, 1.82) is 0 Å². The van der Waals surface area contributed by atoms with Gasteiger partial charge < -0.3 is 19.6 Å². The summed E-state index contributed by atoms with van der Waals surface area (Å²) in [4.78, 5) is 24.5. The number of hydrogen-bond acceptors (Lipinski definition) is 5. The smallest absolute Gasteiger partial charge is 0.402 e. The SMILES string of the molecule is CCCCc1oc2ccccc2c1Cc1c(-c2ccccc2)ccc(OCCCc2ccccc2)c1OC(=O)C(N)=O. The maximum absolute atomic E-state index is 12.6. The molecule has 0 aliphatic carbocycles. The molecule has 0 aliphatic heterocycles. The number of primary amides is 1. The number of fused-ring (bicyclic) bond motifs is 1. The van der Waals surface area contributed by atoms with Crippen LogP contribution >= 0.6 is 0 Å². The van der Waals surface area contributed by atoms with Gasteiger partial charge >= 0.3 is 11.9 Å². The Morgan fingerprint density at radius 2 is 1.50 bits per heavy atom. The van der Waals surface area contributed by atoms with Crippen LogP contribution in [0.15, 0.2) is 101 Å². The van der Waals surface area contributed by atoms with Crippen molar-refractivity contribution in [2.24, 2.45) is 5.73 Å². The molecule has 0 aliphatic rings. The van der Waals surface area contributed by atoms with Crippen molar-refractivity contribution in [3.8, 4) is 22.6 Å². The van der Waals surface area contributed by atoms with Gasteiger partial charge in [-0.15, -0.1) is 0 Å². The quantitative estimate of drug-likeness (QED) is 0.0740. The van der Waals surface area contributed by atoms with Gasteiger partial charge in [0, 0.05) is 29.4 Å². The summed E-state index contributed by atoms with van der Waals surface area (Å²) >= 11 is 0. The van der Waals surface area contributed by atoms with E-state index in [0.29, 0.717) is 18.8 Å². The summed E-state index contributed by atoms with van der Waals surface area (Å²) in [6.07, 6.45) is 4.80. The van der Waals surface area contributed by atoms with Crippen LogP contribution in [0.25, 0.3) is 22.1 Å². The fourth-order valence-corrected chi connectivity index (χ4v) is 5.20. The number of carbonyl (C=O) groups excluding carboxylic acids is 2. The third kappa shape index (κ3) is 6.72. The summed E-state index contributed by atoms with van der Waals surface area (Å²) < 4.78 is 18.3. The molecular formula is C36H35NO5. The molecular weight excluding hydrogens is 526 g/mol. The van der Waals surface area contributed by atoms with Crippen molar-refractivity contribution >= 4 is 22.8 Å². The number of nitrogens with two attached hydrogens (primary N) is 1. The molecule has 0 spiro atoms. The van der Waals surface area contributed by atoms with Crippen molar-refractivity contribution in [3.05, 3.63) is 120 Å². The number of hydrogen-bond donors (Lipinski definition) is 1. The molecule has 5 aromatic rings. The lowest BCUT2D eigenvalue weighted by molar-refractivity contribution is -0.146. The van der Waals surface area contributed by atoms with E-state index in [0.717, 1.165) is 71.1 Å². The van der Waals surface area contributed by atoms with Gasteiger partial charge in [0.25, 0.3) is 0 Å². The van der Waals surface area contributed by atoms with Gasteiger partial charge in [0.2, 0.25) is 0 Å². The van der Waals surface area contributed by atoms with Crippen molar-refractivity contribution in [1.82, 2.24) is 0 Å². The van der Waals surface area contributed by atoms with Crippen LogP contribution in [0.1, 0.15) is 48.6 Å². The predicted molar refractivity (Wildman–Crippen MR) is 165 cm³/mol. The average molecular weight is 562 g/mol. The molecule has 0 saturated carbocycles. The van der Waals surface area contributed by atoms with Crippen LogP contribution in [0, 0.1) is 0 Å². The molecule has 6 heteroatoms. The van der Waals surface area contributed by atoms with E-state index in [4.69, 9.17) is 19.6 Å². The Kier molecular flexibility index (Phi) is 9.34. The van der Waals surface area contributed by atoms with Gasteiger partial charge in [-0.05, 0) is 48.1 Å². The lowest BCUT2D eigenvalue weighted by atomic mass is 9.92. The number of carbonyl (C=O) groups is 2. The summed E-state index contributed by atoms with van der Waals surface area (Å²) in [6, 6.07) is 31.8. The molecule has 42 heavy (non-hydrogen) atoms. The van der Waals surface area contributed by atoms with Gasteiger partial charge in [-0.3, -0.25) is 4.79 Å². The Morgan fingerprint density at radius 3 is 2.24 bits per heavy atom. The molecule has 1 aromatic heterocycles. The minimum atomic E-state index is -1.17. The molecule has 0 bridgehead atoms. The third-order valence-corrected chi connectivity index (χ3v) is 7.31. The fraction of sp³-hybridized carbons (Fsp3) is 0.222. The minimum absolute atomic E-state index is 0.201. The second-order valence-electron chi connectivity index (χ2n) is 10.3. The number of benzene rings is 4. The molecule has 214 valence electrons. The first-order valence-electron chi connectivity index (χ1n) is 14.4. The predicted octanol–water partition coefficient (Wildman–Crippen LogP) is 7.44. The molecule has 5 rings (SSSR count). The number of ether oxygens (including phenoxy) is 2. The van der Waals surface area contributed by atoms with Crippen molar-refractivity contribution in [2.45, 2.75) is 45.4 Å². The topological polar surface area (TPSA) is 91.8 Å². The molecule has 1 amide bonds. The van der Waals surface area contributed by atoms with Crippen LogP contribution in [0.2, 0.25) is 0 Å². The Bertz CT molecular complexity index is 1660. The maximum Gasteiger partial charge on any atom is 0.402 e. The van der Waals surface area contributed by atoms with Crippen LogP contribution in [0.5, 0.6) is 11.5 Å². The number of rotatable bonds is 12. The van der Waals surface area contributed by atoms with E-state index in [9.17, 15) is 9.59 Å². The monoisotopic (exact) mass is 561 g/mol. The Labute approximate surface area is 246 Å². The summed E-state index contributed by atoms with van der Waals surface area (Å²) in [5, 5.41) is 1.00. The van der Waals surface area contributed by atoms with Crippen LogP contribution in [-0.2, 0) is 28.9 Å². The van der Waals surface area contributed by atoms with E-state index in [2.05, 4.69) is 19.1 Å². The van der Waals surface area contributed by atoms with Gasteiger partial charge in [0.15, 0.2) is 11.5 Å². The lowest BCUT2D eigenvalue weighted by Gasteiger charge is -2.19. The molecule has 6 nitrogen and oxygen atoms in total. The normalized spacial score (nSPS) is 11.0. The maximum atomic E-state index is 12.6. The van der Waals surface area contributed by atoms with Crippen LogP contribution < -0.4 is 15.2 Å². The summed E-state index contributed by atoms with van der Waals surface area (Å²) in [7, 11) is 0. The molecule has 0 fully saturated rings. The van der Waals surface area contributed by atoms with Crippen LogP contribution in [0.4, 0.5) is 0 Å². The van der Waals surface area contributed by atoms with Gasteiger partial charge in [-0.1, -0.05) is 98.3 Å². The molecule has 0 radical (unpaired) electrons. The second-order valence-corrected chi connectivity index (χ2v) is 10.3. The zero-order valence-corrected chi connectivity index (χ0v) is 23.8. The van der Waals surface area contributed by atoms with E-state index in [1.165, 1.54) is 5.56 Å². The average Bonchev–Trinajstić information content (AvgIpc) is 3.37. The van der Waals surface area contributed by atoms with E-state index >= 15 is 0 Å². The van der Waals surface area contributed by atoms with Gasteiger partial charge in [-0.25, -0.2) is 4.79 Å². The van der Waals surface area contributed by atoms with E-state index in [-0.39, 0.29) is 5.75 Å². The number of furan rings is 1. The first-order chi connectivity index (χ1) is 20.5. The van der Waals surface area contributed by atoms with Crippen molar-refractivity contribution in [3.63, 3.8) is 0 Å². The summed E-state index contributed by atoms with van der Waals surface area (Å²) in [5.41, 5.74) is 10.9. The highest BCUT2D eigenvalue weighted by Gasteiger charge is 2.25. The molecule has 0 unspecified atom stereocenters. The first kappa shape index (κ1) is 28.7. The van der Waals surface area contributed by atoms with Crippen LogP contribution in [-0.4, -0.2) is 18.5 Å². The second kappa shape index (κ2) is 13.7. The Hall–Kier alpha value is -4.84. The number of esters is 1. The molecule has 4 aromatic carbocycles. The zero-order chi connectivity index (χ0) is 29.3. The number of amides is 1. The molecule has 2 N–H and O–H groups in total. The van der Waals surface area contributed by atoms with E-state index < -0.39 is 11.9 Å². The van der Waals surface area contributed by atoms with E-state index in [1.807, 2.05) is 78.9 Å². The summed E-state index contributed by atoms with van der Waals surface area (Å²) in [6.45, 7) is 2.55. The largest absolute Gasteiger partial charge is 0.490 e. The highest BCUT2D eigenvalue weighted by molar-refractivity contribution is 6.32. The van der Waals surface area contributed by atoms with Gasteiger partial charge in [0.1, 0.15) is 11.3 Å². The molecule has 1 heterocycles. The molecule has 0 atom stereocenters. The lowest BCUT2D eigenvalue weighted by Crippen LogP contribution is -2.28. The molecule has 0 saturated heterocycles. The number of aryl methyl sites for hydroxylation is 2. The standard InChI is InChI=1S/C36H35NO5/c1-2-3-19-32-29(28-18-10-11-20-31(28)41-32)24-30-27(26-16-8-5-9-17-26)21-22-33(34(30)42-36(39)35(37)38)40-23-12-15-25-13-6-4-7-14-25/h4-11,13-14,16-18,20-22H,2-3,12,15,19,23-24H2,1H3,(H2,37,38). The highest BCUT2D eigenvalue weighted by atomic mass is 16.6. The summed E-state index contributed by atoms with van der Waals surface area (Å²) in [5.74, 6) is -0.822.